The van der Waals surface area contributed by atoms with Crippen LogP contribution in [0.4, 0.5) is 8.78 Å². The summed E-state index contributed by atoms with van der Waals surface area (Å²) in [4.78, 5) is 20.9. The molecule has 164 valence electrons. The molecule has 3 rings (SSSR count). The van der Waals surface area contributed by atoms with E-state index in [1.165, 1.54) is 35.6 Å². The van der Waals surface area contributed by atoms with Gasteiger partial charge in [0, 0.05) is 31.6 Å². The fraction of sp³-hybridized carbons (Fsp3) is 0.304. The van der Waals surface area contributed by atoms with Crippen molar-refractivity contribution in [3.63, 3.8) is 0 Å². The van der Waals surface area contributed by atoms with E-state index in [-0.39, 0.29) is 17.5 Å². The van der Waals surface area contributed by atoms with Crippen molar-refractivity contribution in [2.24, 2.45) is 0 Å². The van der Waals surface area contributed by atoms with Gasteiger partial charge in [-0.25, -0.2) is 13.8 Å². The molecule has 0 aliphatic heterocycles. The summed E-state index contributed by atoms with van der Waals surface area (Å²) in [6.07, 6.45) is 0. The van der Waals surface area contributed by atoms with E-state index in [0.29, 0.717) is 31.9 Å². The highest BCUT2D eigenvalue weighted by Crippen LogP contribution is 2.18. The maximum absolute atomic E-state index is 13.3. The molecule has 0 radical (unpaired) electrons. The van der Waals surface area contributed by atoms with Crippen LogP contribution in [0.2, 0.25) is 0 Å². The molecular formula is C23H26F2N4OS. The maximum atomic E-state index is 13.3. The number of likely N-dealkylation sites (N-methyl/N-ethyl adjacent to an activating group) is 1. The molecule has 0 saturated heterocycles. The molecule has 1 heterocycles. The molecule has 0 unspecified atom stereocenters. The van der Waals surface area contributed by atoms with Crippen molar-refractivity contribution in [1.29, 1.82) is 0 Å². The van der Waals surface area contributed by atoms with E-state index < -0.39 is 0 Å². The highest BCUT2D eigenvalue weighted by atomic mass is 32.1. The Morgan fingerprint density at radius 3 is 2.00 bits per heavy atom. The van der Waals surface area contributed by atoms with Crippen molar-refractivity contribution >= 4 is 17.2 Å². The zero-order valence-electron chi connectivity index (χ0n) is 17.6. The molecule has 1 aromatic heterocycles. The predicted octanol–water partition coefficient (Wildman–Crippen LogP) is 3.92. The third-order valence-corrected chi connectivity index (χ3v) is 5.46. The number of hydrogen-bond donors (Lipinski definition) is 1. The Morgan fingerprint density at radius 1 is 0.935 bits per heavy atom. The molecule has 0 saturated carbocycles. The van der Waals surface area contributed by atoms with Crippen LogP contribution < -0.4 is 5.32 Å². The van der Waals surface area contributed by atoms with E-state index in [0.717, 1.165) is 22.7 Å². The minimum absolute atomic E-state index is 0.187. The lowest BCUT2D eigenvalue weighted by Gasteiger charge is -2.21. The normalized spacial score (nSPS) is 11.3. The van der Waals surface area contributed by atoms with E-state index in [9.17, 15) is 13.6 Å². The lowest BCUT2D eigenvalue weighted by molar-refractivity contribution is 0.0946. The summed E-state index contributed by atoms with van der Waals surface area (Å²) in [7, 11) is 3.90. The van der Waals surface area contributed by atoms with Gasteiger partial charge in [-0.2, -0.15) is 0 Å². The van der Waals surface area contributed by atoms with Gasteiger partial charge < -0.3 is 10.2 Å². The predicted molar refractivity (Wildman–Crippen MR) is 119 cm³/mol. The second-order valence-corrected chi connectivity index (χ2v) is 8.53. The first-order chi connectivity index (χ1) is 14.9. The number of thiazole rings is 1. The zero-order chi connectivity index (χ0) is 22.2. The third kappa shape index (κ3) is 7.50. The van der Waals surface area contributed by atoms with Crippen LogP contribution in [0, 0.1) is 11.6 Å². The molecule has 1 amide bonds. The maximum Gasteiger partial charge on any atom is 0.270 e. The van der Waals surface area contributed by atoms with Crippen LogP contribution >= 0.6 is 11.3 Å². The molecule has 31 heavy (non-hydrogen) atoms. The third-order valence-electron chi connectivity index (χ3n) is 4.63. The van der Waals surface area contributed by atoms with Gasteiger partial charge in [-0.05, 0) is 49.5 Å². The van der Waals surface area contributed by atoms with Crippen LogP contribution in [0.25, 0.3) is 0 Å². The molecular weight excluding hydrogens is 418 g/mol. The van der Waals surface area contributed by atoms with Crippen LogP contribution in [0.1, 0.15) is 26.6 Å². The lowest BCUT2D eigenvalue weighted by atomic mass is 10.1. The quantitative estimate of drug-likeness (QED) is 0.515. The molecule has 0 spiro atoms. The van der Waals surface area contributed by atoms with E-state index in [4.69, 9.17) is 0 Å². The van der Waals surface area contributed by atoms with Gasteiger partial charge in [0.05, 0.1) is 6.54 Å². The SMILES string of the molecule is CN(C)CCNC(=O)c1csc(CN(Cc2ccc(F)cc2)Cc2ccc(F)cc2)n1. The van der Waals surface area contributed by atoms with Gasteiger partial charge in [-0.1, -0.05) is 24.3 Å². The zero-order valence-corrected chi connectivity index (χ0v) is 18.5. The summed E-state index contributed by atoms with van der Waals surface area (Å²) in [5.74, 6) is -0.745. The number of amides is 1. The van der Waals surface area contributed by atoms with Crippen LogP contribution in [-0.4, -0.2) is 47.9 Å². The second kappa shape index (κ2) is 11.1. The Balaban J connectivity index is 1.68. The second-order valence-electron chi connectivity index (χ2n) is 7.58. The van der Waals surface area contributed by atoms with Crippen LogP contribution in [0.15, 0.2) is 53.9 Å². The van der Waals surface area contributed by atoms with Crippen LogP contribution in [0.3, 0.4) is 0 Å². The van der Waals surface area contributed by atoms with Gasteiger partial charge in [0.1, 0.15) is 22.3 Å². The average Bonchev–Trinajstić information content (AvgIpc) is 3.19. The standard InChI is InChI=1S/C23H26F2N4OS/c1-28(2)12-11-26-23(30)21-16-31-22(27-21)15-29(13-17-3-7-19(24)8-4-17)14-18-5-9-20(25)10-6-18/h3-10,16H,11-15H2,1-2H3,(H,26,30). The summed E-state index contributed by atoms with van der Waals surface area (Å²) in [6.45, 7) is 2.97. The number of nitrogens with one attached hydrogen (secondary N) is 1. The smallest absolute Gasteiger partial charge is 0.270 e. The fourth-order valence-corrected chi connectivity index (χ4v) is 3.84. The molecule has 0 fully saturated rings. The number of nitrogens with zero attached hydrogens (tertiary/aromatic N) is 3. The highest BCUT2D eigenvalue weighted by molar-refractivity contribution is 7.09. The topological polar surface area (TPSA) is 48.5 Å². The number of aromatic nitrogens is 1. The van der Waals surface area contributed by atoms with Crippen molar-refractivity contribution in [3.05, 3.63) is 87.4 Å². The summed E-state index contributed by atoms with van der Waals surface area (Å²) in [5, 5.41) is 5.43. The van der Waals surface area contributed by atoms with Gasteiger partial charge in [0.2, 0.25) is 0 Å². The van der Waals surface area contributed by atoms with E-state index in [1.54, 1.807) is 29.6 Å². The van der Waals surface area contributed by atoms with Crippen molar-refractivity contribution < 1.29 is 13.6 Å². The average molecular weight is 445 g/mol. The number of rotatable bonds is 10. The molecule has 0 bridgehead atoms. The molecule has 0 aliphatic carbocycles. The van der Waals surface area contributed by atoms with Crippen LogP contribution in [-0.2, 0) is 19.6 Å². The first-order valence-electron chi connectivity index (χ1n) is 9.97. The van der Waals surface area contributed by atoms with E-state index in [2.05, 4.69) is 15.2 Å². The van der Waals surface area contributed by atoms with Gasteiger partial charge in [0.25, 0.3) is 5.91 Å². The minimum atomic E-state index is -0.279. The van der Waals surface area contributed by atoms with Gasteiger partial charge in [0.15, 0.2) is 0 Å². The first kappa shape index (κ1) is 23.0. The van der Waals surface area contributed by atoms with Crippen molar-refractivity contribution in [2.45, 2.75) is 19.6 Å². The Bertz CT molecular complexity index is 927. The number of carbonyl (C=O) groups excluding carboxylic acids is 1. The fourth-order valence-electron chi connectivity index (χ4n) is 3.03. The number of hydrogen-bond acceptors (Lipinski definition) is 5. The largest absolute Gasteiger partial charge is 0.349 e. The lowest BCUT2D eigenvalue weighted by Crippen LogP contribution is -2.31. The van der Waals surface area contributed by atoms with E-state index >= 15 is 0 Å². The highest BCUT2D eigenvalue weighted by Gasteiger charge is 2.14. The summed E-state index contributed by atoms with van der Waals surface area (Å²) < 4.78 is 26.5. The molecule has 3 aromatic rings. The van der Waals surface area contributed by atoms with Gasteiger partial charge in [-0.15, -0.1) is 11.3 Å². The Labute approximate surface area is 185 Å². The summed E-state index contributed by atoms with van der Waals surface area (Å²) in [6, 6.07) is 12.7. The number of halogens is 2. The Kier molecular flexibility index (Phi) is 8.22. The van der Waals surface area contributed by atoms with Gasteiger partial charge >= 0.3 is 0 Å². The van der Waals surface area contributed by atoms with Crippen LogP contribution in [0.5, 0.6) is 0 Å². The summed E-state index contributed by atoms with van der Waals surface area (Å²) in [5.41, 5.74) is 2.32. The Hall–Kier alpha value is -2.68. The van der Waals surface area contributed by atoms with Crippen molar-refractivity contribution in [2.75, 3.05) is 27.2 Å². The first-order valence-corrected chi connectivity index (χ1v) is 10.9. The van der Waals surface area contributed by atoms with Gasteiger partial charge in [-0.3, -0.25) is 9.69 Å². The molecule has 0 aliphatic rings. The monoisotopic (exact) mass is 444 g/mol. The molecule has 8 heteroatoms. The molecule has 5 nitrogen and oxygen atoms in total. The molecule has 2 aromatic carbocycles. The molecule has 0 atom stereocenters. The number of benzene rings is 2. The van der Waals surface area contributed by atoms with Crippen molar-refractivity contribution in [1.82, 2.24) is 20.1 Å². The van der Waals surface area contributed by atoms with Crippen molar-refractivity contribution in [3.8, 4) is 0 Å². The minimum Gasteiger partial charge on any atom is -0.349 e. The Morgan fingerprint density at radius 2 is 1.48 bits per heavy atom. The van der Waals surface area contributed by atoms with E-state index in [1.807, 2.05) is 19.0 Å². The number of carbonyl (C=O) groups is 1. The summed E-state index contributed by atoms with van der Waals surface area (Å²) >= 11 is 1.43. The molecule has 1 N–H and O–H groups in total.